The fourth-order valence-electron chi connectivity index (χ4n) is 3.20. The van der Waals surface area contributed by atoms with Crippen molar-refractivity contribution in [3.05, 3.63) is 35.1 Å². The molecule has 1 aliphatic carbocycles. The highest BCUT2D eigenvalue weighted by Gasteiger charge is 2.47. The highest BCUT2D eigenvalue weighted by Crippen LogP contribution is 2.46. The van der Waals surface area contributed by atoms with Crippen LogP contribution in [0.25, 0.3) is 0 Å². The third kappa shape index (κ3) is 4.15. The van der Waals surface area contributed by atoms with E-state index < -0.39 is 11.2 Å². The molecule has 1 aliphatic heterocycles. The minimum absolute atomic E-state index is 0.245. The van der Waals surface area contributed by atoms with E-state index in [9.17, 15) is 9.65 Å². The molecular weight excluding hydrogens is 305 g/mol. The van der Waals surface area contributed by atoms with Gasteiger partial charge in [0.05, 0.1) is 24.7 Å². The van der Waals surface area contributed by atoms with Gasteiger partial charge in [0, 0.05) is 12.8 Å². The lowest BCUT2D eigenvalue weighted by Crippen LogP contribution is -2.41. The Bertz CT molecular complexity index is 549. The van der Waals surface area contributed by atoms with Crippen LogP contribution in [-0.4, -0.2) is 19.0 Å². The molecule has 1 spiro atoms. The van der Waals surface area contributed by atoms with E-state index in [1.54, 1.807) is 13.0 Å². The molecule has 0 bridgehead atoms. The summed E-state index contributed by atoms with van der Waals surface area (Å²) >= 11 is 0. The first-order valence-corrected chi connectivity index (χ1v) is 9.05. The minimum atomic E-state index is -0.616. The number of nitrogens with zero attached hydrogens (tertiary/aromatic N) is 1. The van der Waals surface area contributed by atoms with Gasteiger partial charge in [0.1, 0.15) is 5.82 Å². The van der Waals surface area contributed by atoms with E-state index in [1.807, 2.05) is 33.8 Å². The van der Waals surface area contributed by atoms with Crippen LogP contribution in [0.2, 0.25) is 0 Å². The summed E-state index contributed by atoms with van der Waals surface area (Å²) in [5.41, 5.74) is 0.766. The summed E-state index contributed by atoms with van der Waals surface area (Å²) in [5.74, 6) is -0.741. The average Bonchev–Trinajstić information content (AvgIpc) is 3.10. The van der Waals surface area contributed by atoms with Gasteiger partial charge in [-0.05, 0) is 37.0 Å². The van der Waals surface area contributed by atoms with Crippen LogP contribution >= 0.6 is 0 Å². The van der Waals surface area contributed by atoms with E-state index in [0.717, 1.165) is 5.56 Å². The predicted molar refractivity (Wildman–Crippen MR) is 94.2 cm³/mol. The van der Waals surface area contributed by atoms with Gasteiger partial charge in [-0.1, -0.05) is 39.8 Å². The molecule has 3 rings (SSSR count). The van der Waals surface area contributed by atoms with Crippen molar-refractivity contribution < 1.29 is 13.9 Å². The summed E-state index contributed by atoms with van der Waals surface area (Å²) in [6.07, 6.45) is 2.67. The highest BCUT2D eigenvalue weighted by atomic mass is 19.1. The zero-order valence-corrected chi connectivity index (χ0v) is 15.6. The van der Waals surface area contributed by atoms with E-state index in [-0.39, 0.29) is 5.82 Å². The maximum absolute atomic E-state index is 13.8. The number of aryl methyl sites for hydroxylation is 1. The molecule has 1 heterocycles. The van der Waals surface area contributed by atoms with E-state index in [2.05, 4.69) is 6.07 Å². The van der Waals surface area contributed by atoms with Gasteiger partial charge in [0.15, 0.2) is 5.79 Å². The lowest BCUT2D eigenvalue weighted by molar-refractivity contribution is -0.182. The molecule has 0 unspecified atom stereocenters. The number of hydrogen-bond acceptors (Lipinski definition) is 3. The van der Waals surface area contributed by atoms with Crippen LogP contribution in [0.4, 0.5) is 4.39 Å². The summed E-state index contributed by atoms with van der Waals surface area (Å²) in [6.45, 7) is 11.0. The molecule has 0 aromatic heterocycles. The molecule has 1 aromatic carbocycles. The van der Waals surface area contributed by atoms with Crippen molar-refractivity contribution in [2.45, 2.75) is 71.5 Å². The topological polar surface area (TPSA) is 42.2 Å². The molecule has 0 amide bonds. The van der Waals surface area contributed by atoms with Gasteiger partial charge in [-0.2, -0.15) is 5.26 Å². The molecule has 2 aliphatic rings. The first-order valence-electron chi connectivity index (χ1n) is 9.05. The van der Waals surface area contributed by atoms with Crippen molar-refractivity contribution in [3.8, 4) is 6.07 Å². The SMILES string of the molecule is CC.CC.Cc1ccc(C2(C#N)CCC3(CC2)OCCO3)cc1F. The average molecular weight is 335 g/mol. The minimum Gasteiger partial charge on any atom is -0.348 e. The number of ether oxygens (including phenoxy) is 2. The molecule has 0 atom stereocenters. The summed E-state index contributed by atoms with van der Waals surface area (Å²) in [6, 6.07) is 7.53. The van der Waals surface area contributed by atoms with E-state index in [1.165, 1.54) is 6.07 Å². The van der Waals surface area contributed by atoms with Crippen LogP contribution in [0, 0.1) is 24.1 Å². The molecule has 1 aromatic rings. The summed E-state index contributed by atoms with van der Waals surface area (Å²) < 4.78 is 25.2. The molecule has 2 fully saturated rings. The lowest BCUT2D eigenvalue weighted by atomic mass is 9.68. The highest BCUT2D eigenvalue weighted by molar-refractivity contribution is 5.36. The first-order chi connectivity index (χ1) is 11.6. The number of benzene rings is 1. The third-order valence-electron chi connectivity index (χ3n) is 4.62. The van der Waals surface area contributed by atoms with Crippen LogP contribution in [0.1, 0.15) is 64.5 Å². The second-order valence-electron chi connectivity index (χ2n) is 5.77. The number of rotatable bonds is 1. The van der Waals surface area contributed by atoms with Gasteiger partial charge >= 0.3 is 0 Å². The Balaban J connectivity index is 0.000000671. The van der Waals surface area contributed by atoms with E-state index in [4.69, 9.17) is 9.47 Å². The quantitative estimate of drug-likeness (QED) is 0.702. The van der Waals surface area contributed by atoms with E-state index >= 15 is 0 Å². The number of hydrogen-bond donors (Lipinski definition) is 0. The summed E-state index contributed by atoms with van der Waals surface area (Å²) in [5, 5.41) is 9.63. The molecular formula is C20H30FNO2. The zero-order valence-electron chi connectivity index (χ0n) is 15.6. The number of halogens is 1. The van der Waals surface area contributed by atoms with Crippen molar-refractivity contribution >= 4 is 0 Å². The van der Waals surface area contributed by atoms with Gasteiger partial charge in [0.25, 0.3) is 0 Å². The summed E-state index contributed by atoms with van der Waals surface area (Å²) in [7, 11) is 0. The molecule has 1 saturated heterocycles. The molecule has 134 valence electrons. The van der Waals surface area contributed by atoms with Crippen molar-refractivity contribution in [1.82, 2.24) is 0 Å². The van der Waals surface area contributed by atoms with Crippen LogP contribution in [-0.2, 0) is 14.9 Å². The fourth-order valence-corrected chi connectivity index (χ4v) is 3.20. The zero-order chi connectivity index (χ0) is 18.2. The lowest BCUT2D eigenvalue weighted by Gasteiger charge is -2.40. The van der Waals surface area contributed by atoms with Gasteiger partial charge in [0.2, 0.25) is 0 Å². The maximum atomic E-state index is 13.8. The maximum Gasteiger partial charge on any atom is 0.168 e. The van der Waals surface area contributed by atoms with Crippen LogP contribution in [0.5, 0.6) is 0 Å². The Kier molecular flexibility index (Phi) is 7.86. The normalized spacial score (nSPS) is 20.2. The smallest absolute Gasteiger partial charge is 0.168 e. The van der Waals surface area contributed by atoms with Gasteiger partial charge in [-0.3, -0.25) is 0 Å². The Morgan fingerprint density at radius 2 is 1.54 bits per heavy atom. The van der Waals surface area contributed by atoms with Gasteiger partial charge in [-0.15, -0.1) is 0 Å². The number of nitriles is 1. The van der Waals surface area contributed by atoms with Crippen molar-refractivity contribution in [2.75, 3.05) is 13.2 Å². The predicted octanol–water partition coefficient (Wildman–Crippen LogP) is 5.27. The van der Waals surface area contributed by atoms with Crippen LogP contribution in [0.15, 0.2) is 18.2 Å². The second kappa shape index (κ2) is 9.15. The fraction of sp³-hybridized carbons (Fsp3) is 0.650. The first kappa shape index (κ1) is 20.6. The Labute approximate surface area is 145 Å². The van der Waals surface area contributed by atoms with E-state index in [0.29, 0.717) is 44.5 Å². The van der Waals surface area contributed by atoms with Crippen molar-refractivity contribution in [1.29, 1.82) is 5.26 Å². The summed E-state index contributed by atoms with van der Waals surface area (Å²) in [4.78, 5) is 0. The van der Waals surface area contributed by atoms with Crippen molar-refractivity contribution in [3.63, 3.8) is 0 Å². The molecule has 3 nitrogen and oxygen atoms in total. The van der Waals surface area contributed by atoms with Gasteiger partial charge in [-0.25, -0.2) is 4.39 Å². The van der Waals surface area contributed by atoms with Crippen molar-refractivity contribution in [2.24, 2.45) is 0 Å². The monoisotopic (exact) mass is 335 g/mol. The molecule has 0 radical (unpaired) electrons. The Hall–Kier alpha value is -1.44. The Morgan fingerprint density at radius 3 is 2.00 bits per heavy atom. The van der Waals surface area contributed by atoms with Crippen LogP contribution < -0.4 is 0 Å². The Morgan fingerprint density at radius 1 is 1.00 bits per heavy atom. The van der Waals surface area contributed by atoms with Crippen LogP contribution in [0.3, 0.4) is 0 Å². The molecule has 0 N–H and O–H groups in total. The molecule has 1 saturated carbocycles. The standard InChI is InChI=1S/C16H18FNO2.2C2H6/c1-12-2-3-13(10-14(12)17)15(11-18)4-6-16(7-5-15)19-8-9-20-16;2*1-2/h2-3,10H,4-9H2,1H3;2*1-2H3. The third-order valence-corrected chi connectivity index (χ3v) is 4.62. The van der Waals surface area contributed by atoms with Gasteiger partial charge < -0.3 is 9.47 Å². The molecule has 4 heteroatoms. The molecule has 24 heavy (non-hydrogen) atoms. The largest absolute Gasteiger partial charge is 0.348 e. The second-order valence-corrected chi connectivity index (χ2v) is 5.77.